The number of thioether (sulfide) groups is 2. The first-order valence-electron chi connectivity index (χ1n) is 8.92. The second-order valence-electron chi connectivity index (χ2n) is 5.88. The van der Waals surface area contributed by atoms with Crippen LogP contribution in [0.25, 0.3) is 21.1 Å². The first-order chi connectivity index (χ1) is 13.9. The van der Waals surface area contributed by atoms with Gasteiger partial charge in [-0.15, -0.1) is 20.4 Å². The number of nitrogens with zero attached hydrogens (tertiary/aromatic N) is 4. The van der Waals surface area contributed by atoms with Crippen LogP contribution in [0.15, 0.2) is 69.3 Å². The monoisotopic (exact) mass is 442 g/mol. The molecule has 0 N–H and O–H groups in total. The summed E-state index contributed by atoms with van der Waals surface area (Å²) in [6.07, 6.45) is 2.31. The summed E-state index contributed by atoms with van der Waals surface area (Å²) in [5, 5.41) is 19.2. The smallest absolute Gasteiger partial charge is 0.137 e. The van der Waals surface area contributed by atoms with Gasteiger partial charge in [0.15, 0.2) is 8.68 Å². The van der Waals surface area contributed by atoms with E-state index in [1.54, 1.807) is 46.2 Å². The zero-order valence-electron chi connectivity index (χ0n) is 15.0. The zero-order valence-corrected chi connectivity index (χ0v) is 18.3. The number of hydrogen-bond donors (Lipinski definition) is 0. The summed E-state index contributed by atoms with van der Waals surface area (Å²) >= 11 is 6.92. The van der Waals surface area contributed by atoms with Gasteiger partial charge in [0.2, 0.25) is 0 Å². The van der Waals surface area contributed by atoms with Crippen molar-refractivity contribution >= 4 is 46.2 Å². The Morgan fingerprint density at radius 1 is 0.571 bits per heavy atom. The predicted octanol–water partition coefficient (Wildman–Crippen LogP) is 6.39. The molecule has 0 spiro atoms. The molecule has 2 aromatic carbocycles. The third-order valence-corrected chi connectivity index (χ3v) is 8.23. The highest BCUT2D eigenvalue weighted by Gasteiger charge is 2.08. The topological polar surface area (TPSA) is 51.6 Å². The van der Waals surface area contributed by atoms with Crippen LogP contribution in [0.1, 0.15) is 12.8 Å². The van der Waals surface area contributed by atoms with Gasteiger partial charge in [-0.1, -0.05) is 107 Å². The van der Waals surface area contributed by atoms with E-state index in [2.05, 4.69) is 44.7 Å². The highest BCUT2D eigenvalue weighted by Crippen LogP contribution is 2.31. The van der Waals surface area contributed by atoms with Crippen molar-refractivity contribution in [3.05, 3.63) is 60.7 Å². The molecule has 0 fully saturated rings. The van der Waals surface area contributed by atoms with Crippen molar-refractivity contribution in [1.29, 1.82) is 0 Å². The summed E-state index contributed by atoms with van der Waals surface area (Å²) in [5.74, 6) is 2.13. The van der Waals surface area contributed by atoms with E-state index in [1.807, 2.05) is 36.4 Å². The van der Waals surface area contributed by atoms with E-state index in [9.17, 15) is 0 Å². The van der Waals surface area contributed by atoms with Gasteiger partial charge in [-0.2, -0.15) is 0 Å². The summed E-state index contributed by atoms with van der Waals surface area (Å²) in [7, 11) is 0. The molecule has 0 bridgehead atoms. The van der Waals surface area contributed by atoms with Crippen LogP contribution in [-0.4, -0.2) is 31.9 Å². The van der Waals surface area contributed by atoms with Crippen molar-refractivity contribution in [2.24, 2.45) is 0 Å². The molecule has 4 nitrogen and oxygen atoms in total. The number of unbranched alkanes of at least 4 members (excludes halogenated alkanes) is 1. The Balaban J connectivity index is 1.16. The number of aromatic nitrogens is 4. The Morgan fingerprint density at radius 2 is 1.00 bits per heavy atom. The predicted molar refractivity (Wildman–Crippen MR) is 121 cm³/mol. The van der Waals surface area contributed by atoms with Crippen LogP contribution >= 0.6 is 46.2 Å². The van der Waals surface area contributed by atoms with Gasteiger partial charge in [0.25, 0.3) is 0 Å². The Hall–Kier alpha value is -1.74. The second-order valence-corrected chi connectivity index (χ2v) is 10.5. The van der Waals surface area contributed by atoms with Crippen LogP contribution in [0.4, 0.5) is 0 Å². The summed E-state index contributed by atoms with van der Waals surface area (Å²) in [6.45, 7) is 0. The van der Waals surface area contributed by atoms with Crippen LogP contribution in [-0.2, 0) is 0 Å². The lowest BCUT2D eigenvalue weighted by Crippen LogP contribution is -1.84. The molecule has 4 aromatic rings. The molecule has 2 aromatic heterocycles. The van der Waals surface area contributed by atoms with Gasteiger partial charge in [0, 0.05) is 22.6 Å². The lowest BCUT2D eigenvalue weighted by atomic mass is 10.2. The Morgan fingerprint density at radius 3 is 1.43 bits per heavy atom. The Bertz CT molecular complexity index is 904. The maximum absolute atomic E-state index is 4.30. The van der Waals surface area contributed by atoms with Gasteiger partial charge in [0.05, 0.1) is 0 Å². The molecule has 0 saturated heterocycles. The fraction of sp³-hybridized carbons (Fsp3) is 0.200. The third kappa shape index (κ3) is 5.41. The van der Waals surface area contributed by atoms with Crippen molar-refractivity contribution in [2.45, 2.75) is 21.5 Å². The van der Waals surface area contributed by atoms with Gasteiger partial charge in [-0.3, -0.25) is 0 Å². The van der Waals surface area contributed by atoms with E-state index in [0.717, 1.165) is 54.2 Å². The van der Waals surface area contributed by atoms with Gasteiger partial charge in [0.1, 0.15) is 10.0 Å². The fourth-order valence-electron chi connectivity index (χ4n) is 2.45. The lowest BCUT2D eigenvalue weighted by Gasteiger charge is -1.98. The average Bonchev–Trinajstić information content (AvgIpc) is 3.42. The van der Waals surface area contributed by atoms with Crippen molar-refractivity contribution in [1.82, 2.24) is 20.4 Å². The molecule has 28 heavy (non-hydrogen) atoms. The van der Waals surface area contributed by atoms with Gasteiger partial charge < -0.3 is 0 Å². The molecule has 0 aliphatic rings. The number of benzene rings is 2. The van der Waals surface area contributed by atoms with Crippen LogP contribution in [0.5, 0.6) is 0 Å². The second kappa shape index (κ2) is 10.2. The maximum atomic E-state index is 4.30. The van der Waals surface area contributed by atoms with Gasteiger partial charge in [-0.05, 0) is 12.8 Å². The normalized spacial score (nSPS) is 11.0. The van der Waals surface area contributed by atoms with Crippen LogP contribution in [0.2, 0.25) is 0 Å². The number of rotatable bonds is 9. The zero-order chi connectivity index (χ0) is 19.0. The summed E-state index contributed by atoms with van der Waals surface area (Å²) in [4.78, 5) is 0. The molecule has 0 aliphatic heterocycles. The molecule has 0 unspecified atom stereocenters. The van der Waals surface area contributed by atoms with E-state index in [-0.39, 0.29) is 0 Å². The van der Waals surface area contributed by atoms with Crippen LogP contribution < -0.4 is 0 Å². The minimum absolute atomic E-state index is 0.990. The lowest BCUT2D eigenvalue weighted by molar-refractivity contribution is 0.902. The molecular weight excluding hydrogens is 425 g/mol. The molecular formula is C20H18N4S4. The molecule has 0 radical (unpaired) electrons. The SMILES string of the molecule is c1ccc(-c2nnc(SCCCCSc3nnc(-c4ccccc4)s3)s2)cc1. The quantitative estimate of drug-likeness (QED) is 0.221. The minimum Gasteiger partial charge on any atom is -0.137 e. The van der Waals surface area contributed by atoms with E-state index >= 15 is 0 Å². The van der Waals surface area contributed by atoms with Gasteiger partial charge >= 0.3 is 0 Å². The highest BCUT2D eigenvalue weighted by atomic mass is 32.2. The Labute approximate surface area is 180 Å². The summed E-state index contributed by atoms with van der Waals surface area (Å²) in [6, 6.07) is 20.4. The highest BCUT2D eigenvalue weighted by molar-refractivity contribution is 8.01. The third-order valence-electron chi connectivity index (χ3n) is 3.84. The maximum Gasteiger partial charge on any atom is 0.174 e. The Kier molecular flexibility index (Phi) is 7.10. The first-order valence-corrected chi connectivity index (χ1v) is 12.5. The molecule has 0 aliphatic carbocycles. The largest absolute Gasteiger partial charge is 0.174 e. The fourth-order valence-corrected chi connectivity index (χ4v) is 6.31. The molecule has 4 rings (SSSR count). The van der Waals surface area contributed by atoms with E-state index < -0.39 is 0 Å². The first kappa shape index (κ1) is 19.6. The van der Waals surface area contributed by atoms with E-state index in [4.69, 9.17) is 0 Å². The van der Waals surface area contributed by atoms with Crippen LogP contribution in [0, 0.1) is 0 Å². The summed E-state index contributed by atoms with van der Waals surface area (Å²) in [5.41, 5.74) is 2.27. The standard InChI is InChI=1S/C20H18N4S4/c1-3-9-15(10-4-1)17-21-23-19(27-17)25-13-7-8-14-26-20-24-22-18(28-20)16-11-5-2-6-12-16/h1-6,9-12H,7-8,13-14H2. The van der Waals surface area contributed by atoms with Gasteiger partial charge in [-0.25, -0.2) is 0 Å². The molecule has 2 heterocycles. The van der Waals surface area contributed by atoms with Crippen LogP contribution in [0.3, 0.4) is 0 Å². The molecule has 0 amide bonds. The van der Waals surface area contributed by atoms with E-state index in [0.29, 0.717) is 0 Å². The number of hydrogen-bond acceptors (Lipinski definition) is 8. The molecule has 8 heteroatoms. The van der Waals surface area contributed by atoms with E-state index in [1.165, 1.54) is 0 Å². The van der Waals surface area contributed by atoms with Crippen molar-refractivity contribution in [2.75, 3.05) is 11.5 Å². The van der Waals surface area contributed by atoms with Crippen molar-refractivity contribution in [3.8, 4) is 21.1 Å². The van der Waals surface area contributed by atoms with Crippen molar-refractivity contribution in [3.63, 3.8) is 0 Å². The minimum atomic E-state index is 0.990. The van der Waals surface area contributed by atoms with Crippen molar-refractivity contribution < 1.29 is 0 Å². The summed E-state index contributed by atoms with van der Waals surface area (Å²) < 4.78 is 2.09. The molecule has 142 valence electrons. The molecule has 0 saturated carbocycles. The average molecular weight is 443 g/mol. The molecule has 0 atom stereocenters.